The quantitative estimate of drug-likeness (QED) is 0.666. The van der Waals surface area contributed by atoms with Crippen molar-refractivity contribution in [3.8, 4) is 0 Å². The SMILES string of the molecule is CCC(C)C1NC(=O)CCN(CCCCCCSC)C1=O. The smallest absolute Gasteiger partial charge is 0.245 e. The first-order valence-electron chi connectivity index (χ1n) is 8.17. The van der Waals surface area contributed by atoms with Crippen molar-refractivity contribution < 1.29 is 9.59 Å². The Labute approximate surface area is 133 Å². The zero-order chi connectivity index (χ0) is 15.7. The van der Waals surface area contributed by atoms with Gasteiger partial charge >= 0.3 is 0 Å². The predicted molar refractivity (Wildman–Crippen MR) is 89.4 cm³/mol. The highest BCUT2D eigenvalue weighted by molar-refractivity contribution is 7.98. The Hall–Kier alpha value is -0.710. The Morgan fingerprint density at radius 3 is 2.67 bits per heavy atom. The van der Waals surface area contributed by atoms with Gasteiger partial charge in [-0.25, -0.2) is 0 Å². The van der Waals surface area contributed by atoms with Crippen LogP contribution < -0.4 is 5.32 Å². The van der Waals surface area contributed by atoms with Crippen LogP contribution in [0.15, 0.2) is 0 Å². The molecular weight excluding hydrogens is 284 g/mol. The van der Waals surface area contributed by atoms with Crippen molar-refractivity contribution in [3.63, 3.8) is 0 Å². The minimum atomic E-state index is -0.332. The zero-order valence-electron chi connectivity index (χ0n) is 13.7. The van der Waals surface area contributed by atoms with Crippen molar-refractivity contribution in [2.75, 3.05) is 25.1 Å². The predicted octanol–water partition coefficient (Wildman–Crippen LogP) is 2.67. The van der Waals surface area contributed by atoms with E-state index in [1.807, 2.05) is 23.6 Å². The summed E-state index contributed by atoms with van der Waals surface area (Å²) in [6.45, 7) is 5.46. The van der Waals surface area contributed by atoms with Gasteiger partial charge in [0.2, 0.25) is 11.8 Å². The molecule has 0 bridgehead atoms. The van der Waals surface area contributed by atoms with E-state index >= 15 is 0 Å². The van der Waals surface area contributed by atoms with Crippen LogP contribution in [-0.4, -0.2) is 47.9 Å². The number of unbranched alkanes of at least 4 members (excludes halogenated alkanes) is 3. The van der Waals surface area contributed by atoms with Gasteiger partial charge in [0.05, 0.1) is 0 Å². The molecule has 1 N–H and O–H groups in total. The molecule has 0 aromatic rings. The van der Waals surface area contributed by atoms with Crippen molar-refractivity contribution in [3.05, 3.63) is 0 Å². The molecule has 2 unspecified atom stereocenters. The average molecular weight is 314 g/mol. The maximum atomic E-state index is 12.6. The van der Waals surface area contributed by atoms with Gasteiger partial charge in [0.1, 0.15) is 6.04 Å². The van der Waals surface area contributed by atoms with Crippen molar-refractivity contribution in [1.29, 1.82) is 0 Å². The van der Waals surface area contributed by atoms with Gasteiger partial charge in [-0.1, -0.05) is 33.1 Å². The van der Waals surface area contributed by atoms with E-state index in [1.54, 1.807) is 0 Å². The molecule has 2 amide bonds. The number of amides is 2. The lowest BCUT2D eigenvalue weighted by Crippen LogP contribution is -2.48. The Morgan fingerprint density at radius 2 is 2.00 bits per heavy atom. The number of carbonyl (C=O) groups is 2. The lowest BCUT2D eigenvalue weighted by molar-refractivity contribution is -0.135. The van der Waals surface area contributed by atoms with Crippen LogP contribution in [0.2, 0.25) is 0 Å². The van der Waals surface area contributed by atoms with Gasteiger partial charge in [-0.05, 0) is 30.8 Å². The normalized spacial score (nSPS) is 21.1. The van der Waals surface area contributed by atoms with E-state index in [-0.39, 0.29) is 23.8 Å². The van der Waals surface area contributed by atoms with Crippen LogP contribution in [0, 0.1) is 5.92 Å². The maximum absolute atomic E-state index is 12.6. The van der Waals surface area contributed by atoms with Crippen LogP contribution in [0.5, 0.6) is 0 Å². The summed E-state index contributed by atoms with van der Waals surface area (Å²) in [6, 6.07) is -0.332. The minimum absolute atomic E-state index is 0.0103. The molecule has 122 valence electrons. The van der Waals surface area contributed by atoms with Crippen molar-refractivity contribution in [1.82, 2.24) is 10.2 Å². The number of hydrogen-bond acceptors (Lipinski definition) is 3. The Balaban J connectivity index is 2.44. The second kappa shape index (κ2) is 10.1. The molecule has 1 aliphatic rings. The molecule has 2 atom stereocenters. The molecule has 1 fully saturated rings. The monoisotopic (exact) mass is 314 g/mol. The van der Waals surface area contributed by atoms with E-state index in [9.17, 15) is 9.59 Å². The van der Waals surface area contributed by atoms with Crippen LogP contribution in [0.4, 0.5) is 0 Å². The van der Waals surface area contributed by atoms with Crippen molar-refractivity contribution in [2.24, 2.45) is 5.92 Å². The third-order valence-corrected chi connectivity index (χ3v) is 4.94. The molecule has 0 spiro atoms. The molecule has 0 aromatic carbocycles. The highest BCUT2D eigenvalue weighted by Crippen LogP contribution is 2.15. The number of rotatable bonds is 9. The molecular formula is C16H30N2O2S. The first kappa shape index (κ1) is 18.3. The van der Waals surface area contributed by atoms with Gasteiger partial charge in [0.15, 0.2) is 0 Å². The number of hydrogen-bond donors (Lipinski definition) is 1. The minimum Gasteiger partial charge on any atom is -0.344 e. The Kier molecular flexibility index (Phi) is 8.81. The lowest BCUT2D eigenvalue weighted by Gasteiger charge is -2.27. The number of carbonyl (C=O) groups excluding carboxylic acids is 2. The maximum Gasteiger partial charge on any atom is 0.245 e. The molecule has 0 aromatic heterocycles. The largest absolute Gasteiger partial charge is 0.344 e. The topological polar surface area (TPSA) is 49.4 Å². The molecule has 1 heterocycles. The van der Waals surface area contributed by atoms with Gasteiger partial charge in [-0.15, -0.1) is 0 Å². The molecule has 1 aliphatic heterocycles. The standard InChI is InChI=1S/C16H30N2O2S/c1-4-13(2)15-16(20)18(11-9-14(19)17-15)10-7-5-6-8-12-21-3/h13,15H,4-12H2,1-3H3,(H,17,19). The van der Waals surface area contributed by atoms with Crippen molar-refractivity contribution >= 4 is 23.6 Å². The molecule has 4 nitrogen and oxygen atoms in total. The molecule has 21 heavy (non-hydrogen) atoms. The molecule has 0 radical (unpaired) electrons. The summed E-state index contributed by atoms with van der Waals surface area (Å²) in [5.74, 6) is 1.54. The highest BCUT2D eigenvalue weighted by Gasteiger charge is 2.32. The van der Waals surface area contributed by atoms with Gasteiger partial charge < -0.3 is 10.2 Å². The second-order valence-corrected chi connectivity index (χ2v) is 6.90. The van der Waals surface area contributed by atoms with Crippen LogP contribution in [0.3, 0.4) is 0 Å². The fourth-order valence-electron chi connectivity index (χ4n) is 2.60. The van der Waals surface area contributed by atoms with E-state index < -0.39 is 0 Å². The molecule has 0 aliphatic carbocycles. The zero-order valence-corrected chi connectivity index (χ0v) is 14.5. The number of nitrogens with zero attached hydrogens (tertiary/aromatic N) is 1. The summed E-state index contributed by atoms with van der Waals surface area (Å²) in [6.07, 6.45) is 8.17. The third-order valence-electron chi connectivity index (χ3n) is 4.24. The van der Waals surface area contributed by atoms with Gasteiger partial charge in [-0.2, -0.15) is 11.8 Å². The van der Waals surface area contributed by atoms with Crippen LogP contribution >= 0.6 is 11.8 Å². The summed E-state index contributed by atoms with van der Waals surface area (Å²) < 4.78 is 0. The van der Waals surface area contributed by atoms with E-state index in [4.69, 9.17) is 0 Å². The van der Waals surface area contributed by atoms with E-state index in [2.05, 4.69) is 18.5 Å². The Bertz CT molecular complexity index is 336. The molecule has 1 rings (SSSR count). The first-order valence-corrected chi connectivity index (χ1v) is 9.56. The summed E-state index contributed by atoms with van der Waals surface area (Å²) >= 11 is 1.89. The van der Waals surface area contributed by atoms with E-state index in [1.165, 1.54) is 25.0 Å². The average Bonchev–Trinajstić information content (AvgIpc) is 2.62. The summed E-state index contributed by atoms with van der Waals surface area (Å²) in [5.41, 5.74) is 0. The van der Waals surface area contributed by atoms with Crippen LogP contribution in [0.1, 0.15) is 52.4 Å². The second-order valence-electron chi connectivity index (χ2n) is 5.91. The fraction of sp³-hybridized carbons (Fsp3) is 0.875. The molecule has 5 heteroatoms. The summed E-state index contributed by atoms with van der Waals surface area (Å²) in [4.78, 5) is 26.2. The summed E-state index contributed by atoms with van der Waals surface area (Å²) in [5, 5.41) is 2.89. The third kappa shape index (κ3) is 6.29. The lowest BCUT2D eigenvalue weighted by atomic mass is 9.98. The number of thioether (sulfide) groups is 1. The Morgan fingerprint density at radius 1 is 1.29 bits per heavy atom. The van der Waals surface area contributed by atoms with Crippen molar-refractivity contribution in [2.45, 2.75) is 58.4 Å². The molecule has 1 saturated heterocycles. The first-order chi connectivity index (χ1) is 10.1. The fourth-order valence-corrected chi connectivity index (χ4v) is 3.09. The van der Waals surface area contributed by atoms with Gasteiger partial charge in [0, 0.05) is 19.5 Å². The van der Waals surface area contributed by atoms with E-state index in [0.717, 1.165) is 19.4 Å². The van der Waals surface area contributed by atoms with Gasteiger partial charge in [-0.3, -0.25) is 9.59 Å². The van der Waals surface area contributed by atoms with Crippen LogP contribution in [-0.2, 0) is 9.59 Å². The highest BCUT2D eigenvalue weighted by atomic mass is 32.2. The summed E-state index contributed by atoms with van der Waals surface area (Å²) in [7, 11) is 0. The van der Waals surface area contributed by atoms with E-state index in [0.29, 0.717) is 13.0 Å². The number of nitrogens with one attached hydrogen (secondary N) is 1. The molecule has 0 saturated carbocycles. The van der Waals surface area contributed by atoms with Gasteiger partial charge in [0.25, 0.3) is 0 Å². The van der Waals surface area contributed by atoms with Crippen LogP contribution in [0.25, 0.3) is 0 Å².